The minimum Gasteiger partial charge on any atom is -0.343 e. The summed E-state index contributed by atoms with van der Waals surface area (Å²) in [6, 6.07) is 9.51. The van der Waals surface area contributed by atoms with E-state index in [-0.39, 0.29) is 12.1 Å². The van der Waals surface area contributed by atoms with Crippen molar-refractivity contribution >= 4 is 39.9 Å². The predicted octanol–water partition coefficient (Wildman–Crippen LogP) is 4.11. The number of amides is 2. The van der Waals surface area contributed by atoms with Gasteiger partial charge in [0.15, 0.2) is 5.13 Å². The highest BCUT2D eigenvalue weighted by Crippen LogP contribution is 2.25. The number of rotatable bonds is 5. The number of nitrogens with zero attached hydrogens (tertiary/aromatic N) is 1. The molecule has 5 nitrogen and oxygen atoms in total. The molecular formula is C18H12ClF2N3O2S. The molecule has 0 fully saturated rings. The van der Waals surface area contributed by atoms with Gasteiger partial charge in [0.1, 0.15) is 11.6 Å². The number of aromatic nitrogens is 1. The highest BCUT2D eigenvalue weighted by Gasteiger charge is 2.12. The molecule has 1 heterocycles. The largest absolute Gasteiger partial charge is 0.343 e. The van der Waals surface area contributed by atoms with Gasteiger partial charge in [-0.3, -0.25) is 9.59 Å². The first-order valence-corrected chi connectivity index (χ1v) is 8.92. The molecule has 0 aliphatic carbocycles. The molecule has 138 valence electrons. The van der Waals surface area contributed by atoms with Crippen molar-refractivity contribution < 1.29 is 18.4 Å². The normalized spacial score (nSPS) is 10.5. The zero-order valence-corrected chi connectivity index (χ0v) is 15.2. The summed E-state index contributed by atoms with van der Waals surface area (Å²) in [7, 11) is 0. The number of hydrogen-bond donors (Lipinski definition) is 2. The Morgan fingerprint density at radius 1 is 1.07 bits per heavy atom. The van der Waals surface area contributed by atoms with Crippen LogP contribution in [-0.4, -0.2) is 23.3 Å². The number of benzene rings is 2. The maximum absolute atomic E-state index is 13.1. The summed E-state index contributed by atoms with van der Waals surface area (Å²) in [6.45, 7) is -0.368. The number of carbonyl (C=O) groups excluding carboxylic acids is 2. The van der Waals surface area contributed by atoms with Crippen LogP contribution in [0.5, 0.6) is 0 Å². The molecule has 0 saturated heterocycles. The van der Waals surface area contributed by atoms with Crippen LogP contribution < -0.4 is 10.6 Å². The van der Waals surface area contributed by atoms with Crippen LogP contribution in [0.25, 0.3) is 11.3 Å². The summed E-state index contributed by atoms with van der Waals surface area (Å²) in [5, 5.41) is 7.58. The Morgan fingerprint density at radius 2 is 1.74 bits per heavy atom. The molecular weight excluding hydrogens is 396 g/mol. The molecule has 2 aromatic carbocycles. The number of anilines is 1. The zero-order chi connectivity index (χ0) is 19.4. The molecule has 27 heavy (non-hydrogen) atoms. The van der Waals surface area contributed by atoms with Crippen LogP contribution in [0.2, 0.25) is 5.02 Å². The monoisotopic (exact) mass is 407 g/mol. The van der Waals surface area contributed by atoms with E-state index in [9.17, 15) is 18.4 Å². The average Bonchev–Trinajstić information content (AvgIpc) is 3.08. The van der Waals surface area contributed by atoms with Gasteiger partial charge < -0.3 is 10.6 Å². The van der Waals surface area contributed by atoms with Crippen LogP contribution in [0.1, 0.15) is 10.4 Å². The first kappa shape index (κ1) is 18.9. The Bertz CT molecular complexity index is 972. The Morgan fingerprint density at radius 3 is 2.41 bits per heavy atom. The molecule has 0 bridgehead atoms. The van der Waals surface area contributed by atoms with Crippen LogP contribution in [0.15, 0.2) is 47.8 Å². The fraction of sp³-hybridized carbons (Fsp3) is 0.0556. The average molecular weight is 408 g/mol. The SMILES string of the molecule is O=C(CNC(=O)c1cc(F)cc(F)c1)Nc1nc(-c2ccc(Cl)cc2)cs1. The van der Waals surface area contributed by atoms with E-state index in [2.05, 4.69) is 15.6 Å². The van der Waals surface area contributed by atoms with E-state index >= 15 is 0 Å². The Balaban J connectivity index is 1.56. The van der Waals surface area contributed by atoms with E-state index in [1.165, 1.54) is 11.3 Å². The van der Waals surface area contributed by atoms with E-state index in [1.54, 1.807) is 29.6 Å². The molecule has 0 saturated carbocycles. The van der Waals surface area contributed by atoms with Gasteiger partial charge in [-0.05, 0) is 24.3 Å². The Kier molecular flexibility index (Phi) is 5.78. The standard InChI is InChI=1S/C18H12ClF2N3O2S/c19-12-3-1-10(2-4-12)15-9-27-18(23-15)24-16(25)8-22-17(26)11-5-13(20)7-14(21)6-11/h1-7,9H,8H2,(H,22,26)(H,23,24,25). The number of carbonyl (C=O) groups is 2. The van der Waals surface area contributed by atoms with Crippen LogP contribution in [0.4, 0.5) is 13.9 Å². The third-order valence-electron chi connectivity index (χ3n) is 3.42. The summed E-state index contributed by atoms with van der Waals surface area (Å²) in [6.07, 6.45) is 0. The predicted molar refractivity (Wildman–Crippen MR) is 99.9 cm³/mol. The van der Waals surface area contributed by atoms with Crippen LogP contribution >= 0.6 is 22.9 Å². The van der Waals surface area contributed by atoms with Gasteiger partial charge in [-0.15, -0.1) is 11.3 Å². The Hall–Kier alpha value is -2.84. The van der Waals surface area contributed by atoms with Crippen molar-refractivity contribution in [1.29, 1.82) is 0 Å². The van der Waals surface area contributed by atoms with E-state index < -0.39 is 23.4 Å². The second kappa shape index (κ2) is 8.24. The molecule has 1 aromatic heterocycles. The van der Waals surface area contributed by atoms with Crippen molar-refractivity contribution in [2.24, 2.45) is 0 Å². The highest BCUT2D eigenvalue weighted by atomic mass is 35.5. The van der Waals surface area contributed by atoms with Crippen molar-refractivity contribution in [2.45, 2.75) is 0 Å². The first-order chi connectivity index (χ1) is 12.9. The second-order valence-corrected chi connectivity index (χ2v) is 6.73. The first-order valence-electron chi connectivity index (χ1n) is 7.66. The highest BCUT2D eigenvalue weighted by molar-refractivity contribution is 7.14. The van der Waals surface area contributed by atoms with Gasteiger partial charge in [-0.2, -0.15) is 0 Å². The molecule has 0 atom stereocenters. The molecule has 9 heteroatoms. The summed E-state index contributed by atoms with van der Waals surface area (Å²) >= 11 is 7.07. The lowest BCUT2D eigenvalue weighted by molar-refractivity contribution is -0.115. The number of thiazole rings is 1. The molecule has 0 unspecified atom stereocenters. The number of hydrogen-bond acceptors (Lipinski definition) is 4. The molecule has 0 aliphatic heterocycles. The fourth-order valence-corrected chi connectivity index (χ4v) is 3.06. The van der Waals surface area contributed by atoms with Gasteiger partial charge in [-0.25, -0.2) is 13.8 Å². The molecule has 2 amide bonds. The van der Waals surface area contributed by atoms with Crippen molar-refractivity contribution in [3.05, 3.63) is 70.1 Å². The van der Waals surface area contributed by atoms with Gasteiger partial charge in [0.05, 0.1) is 12.2 Å². The summed E-state index contributed by atoms with van der Waals surface area (Å²) in [5.41, 5.74) is 1.31. The maximum atomic E-state index is 13.1. The van der Waals surface area contributed by atoms with E-state index in [4.69, 9.17) is 11.6 Å². The summed E-state index contributed by atoms with van der Waals surface area (Å²) in [4.78, 5) is 28.1. The van der Waals surface area contributed by atoms with Crippen molar-refractivity contribution in [3.8, 4) is 11.3 Å². The van der Waals surface area contributed by atoms with E-state index in [0.717, 1.165) is 17.7 Å². The molecule has 0 radical (unpaired) electrons. The number of halogens is 3. The minimum atomic E-state index is -0.873. The van der Waals surface area contributed by atoms with Gasteiger partial charge in [0, 0.05) is 27.6 Å². The second-order valence-electron chi connectivity index (χ2n) is 5.43. The lowest BCUT2D eigenvalue weighted by Gasteiger charge is -2.05. The molecule has 0 aliphatic rings. The minimum absolute atomic E-state index is 0.209. The fourth-order valence-electron chi connectivity index (χ4n) is 2.20. The maximum Gasteiger partial charge on any atom is 0.251 e. The van der Waals surface area contributed by atoms with Crippen LogP contribution in [0.3, 0.4) is 0 Å². The van der Waals surface area contributed by atoms with Gasteiger partial charge in [-0.1, -0.05) is 23.7 Å². The molecule has 3 aromatic rings. The molecule has 0 spiro atoms. The smallest absolute Gasteiger partial charge is 0.251 e. The van der Waals surface area contributed by atoms with E-state index in [0.29, 0.717) is 21.9 Å². The lowest BCUT2D eigenvalue weighted by Crippen LogP contribution is -2.32. The van der Waals surface area contributed by atoms with E-state index in [1.807, 2.05) is 0 Å². The lowest BCUT2D eigenvalue weighted by atomic mass is 10.2. The summed E-state index contributed by atoms with van der Waals surface area (Å²) < 4.78 is 26.3. The van der Waals surface area contributed by atoms with Crippen molar-refractivity contribution in [1.82, 2.24) is 10.3 Å². The van der Waals surface area contributed by atoms with Crippen molar-refractivity contribution in [2.75, 3.05) is 11.9 Å². The topological polar surface area (TPSA) is 71.1 Å². The quantitative estimate of drug-likeness (QED) is 0.668. The third-order valence-corrected chi connectivity index (χ3v) is 4.43. The van der Waals surface area contributed by atoms with Gasteiger partial charge in [0.2, 0.25) is 5.91 Å². The summed E-state index contributed by atoms with van der Waals surface area (Å²) in [5.74, 6) is -3.02. The molecule has 2 N–H and O–H groups in total. The number of nitrogens with one attached hydrogen (secondary N) is 2. The zero-order valence-electron chi connectivity index (χ0n) is 13.6. The third kappa shape index (κ3) is 5.08. The van der Waals surface area contributed by atoms with Crippen molar-refractivity contribution in [3.63, 3.8) is 0 Å². The van der Waals surface area contributed by atoms with Crippen LogP contribution in [0, 0.1) is 11.6 Å². The van der Waals surface area contributed by atoms with Gasteiger partial charge in [0.25, 0.3) is 5.91 Å². The Labute approximate surface area is 162 Å². The van der Waals surface area contributed by atoms with Crippen LogP contribution in [-0.2, 0) is 4.79 Å². The molecule has 3 rings (SSSR count). The van der Waals surface area contributed by atoms with Gasteiger partial charge >= 0.3 is 0 Å².